The summed E-state index contributed by atoms with van der Waals surface area (Å²) in [6.45, 7) is 0. The van der Waals surface area contributed by atoms with Crippen LogP contribution in [0.3, 0.4) is 0 Å². The van der Waals surface area contributed by atoms with Crippen LogP contribution in [0.4, 0.5) is 0 Å². The molecule has 0 aliphatic carbocycles. The van der Waals surface area contributed by atoms with Crippen molar-refractivity contribution >= 4 is 23.5 Å². The molecule has 0 saturated carbocycles. The first-order valence-electron chi connectivity index (χ1n) is 6.32. The molecule has 0 atom stereocenters. The second-order valence-corrected chi connectivity index (χ2v) is 5.83. The second kappa shape index (κ2) is 6.73. The molecule has 0 saturated heterocycles. The Hall–Kier alpha value is -1.86. The van der Waals surface area contributed by atoms with E-state index in [9.17, 15) is 0 Å². The van der Waals surface area contributed by atoms with E-state index in [4.69, 9.17) is 0 Å². The van der Waals surface area contributed by atoms with E-state index in [1.807, 2.05) is 24.5 Å². The van der Waals surface area contributed by atoms with Gasteiger partial charge in [0.05, 0.1) is 0 Å². The van der Waals surface area contributed by atoms with E-state index in [2.05, 4.69) is 32.2 Å². The number of nitrogens with zero attached hydrogens (tertiary/aromatic N) is 5. The van der Waals surface area contributed by atoms with Gasteiger partial charge in [0, 0.05) is 18.1 Å². The predicted molar refractivity (Wildman–Crippen MR) is 84.7 cm³/mol. The Labute approximate surface area is 131 Å². The highest BCUT2D eigenvalue weighted by atomic mass is 32.2. The van der Waals surface area contributed by atoms with Crippen LogP contribution < -0.4 is 0 Å². The van der Waals surface area contributed by atoms with E-state index in [1.54, 1.807) is 34.9 Å². The minimum absolute atomic E-state index is 0.543. The quantitative estimate of drug-likeness (QED) is 0.674. The molecule has 7 heteroatoms. The molecule has 0 aliphatic rings. The summed E-state index contributed by atoms with van der Waals surface area (Å²) in [7, 11) is 0. The van der Waals surface area contributed by atoms with Crippen LogP contribution in [0.15, 0.2) is 59.1 Å². The molecule has 0 bridgehead atoms. The Morgan fingerprint density at radius 2 is 1.81 bits per heavy atom. The Morgan fingerprint density at radius 3 is 2.52 bits per heavy atom. The molecule has 0 fully saturated rings. The van der Waals surface area contributed by atoms with Crippen molar-refractivity contribution < 1.29 is 0 Å². The van der Waals surface area contributed by atoms with Gasteiger partial charge in [-0.3, -0.25) is 0 Å². The summed E-state index contributed by atoms with van der Waals surface area (Å²) in [5.74, 6) is 1.38. The molecule has 1 aromatic carbocycles. The molecular weight excluding hydrogens is 302 g/mol. The van der Waals surface area contributed by atoms with Gasteiger partial charge in [-0.25, -0.2) is 9.97 Å². The molecular formula is C14H13N5S2. The molecule has 5 nitrogen and oxygen atoms in total. The maximum absolute atomic E-state index is 4.52. The lowest BCUT2D eigenvalue weighted by Crippen LogP contribution is -2.03. The summed E-state index contributed by atoms with van der Waals surface area (Å²) in [6.07, 6.45) is 5.37. The van der Waals surface area contributed by atoms with Crippen molar-refractivity contribution in [3.05, 3.63) is 54.4 Å². The molecule has 0 spiro atoms. The van der Waals surface area contributed by atoms with Gasteiger partial charge in [0.25, 0.3) is 5.95 Å². The zero-order valence-corrected chi connectivity index (χ0v) is 13.0. The smallest absolute Gasteiger partial charge is 0.220 e. The molecule has 0 radical (unpaired) electrons. The molecule has 0 amide bonds. The SMILES string of the molecule is CSc1nc(SCc2ccccc2)nn1-c1ncccn1. The van der Waals surface area contributed by atoms with Crippen molar-refractivity contribution in [3.63, 3.8) is 0 Å². The minimum Gasteiger partial charge on any atom is -0.220 e. The summed E-state index contributed by atoms with van der Waals surface area (Å²) in [6, 6.07) is 12.1. The van der Waals surface area contributed by atoms with Gasteiger partial charge in [-0.2, -0.15) is 9.67 Å². The van der Waals surface area contributed by atoms with E-state index in [1.165, 1.54) is 17.3 Å². The first-order chi connectivity index (χ1) is 10.4. The average molecular weight is 315 g/mol. The standard InChI is InChI=1S/C14H13N5S2/c1-20-14-17-13(21-10-11-6-3-2-4-7-11)18-19(14)12-15-8-5-9-16-12/h2-9H,10H2,1H3. The maximum Gasteiger partial charge on any atom is 0.252 e. The predicted octanol–water partition coefficient (Wildman–Crippen LogP) is 3.07. The van der Waals surface area contributed by atoms with Crippen LogP contribution in [0.2, 0.25) is 0 Å². The lowest BCUT2D eigenvalue weighted by molar-refractivity contribution is 0.723. The monoisotopic (exact) mass is 315 g/mol. The normalized spacial score (nSPS) is 10.7. The van der Waals surface area contributed by atoms with Crippen LogP contribution in [0.1, 0.15) is 5.56 Å². The van der Waals surface area contributed by atoms with Crippen molar-refractivity contribution in [1.82, 2.24) is 24.7 Å². The van der Waals surface area contributed by atoms with Crippen LogP contribution in [0.5, 0.6) is 0 Å². The van der Waals surface area contributed by atoms with Gasteiger partial charge >= 0.3 is 0 Å². The summed E-state index contributed by atoms with van der Waals surface area (Å²) < 4.78 is 1.68. The highest BCUT2D eigenvalue weighted by Crippen LogP contribution is 2.23. The lowest BCUT2D eigenvalue weighted by Gasteiger charge is -1.99. The van der Waals surface area contributed by atoms with E-state index in [0.29, 0.717) is 5.95 Å². The van der Waals surface area contributed by atoms with Crippen molar-refractivity contribution in [1.29, 1.82) is 0 Å². The van der Waals surface area contributed by atoms with Crippen molar-refractivity contribution in [2.75, 3.05) is 6.26 Å². The maximum atomic E-state index is 4.52. The molecule has 0 unspecified atom stereocenters. The first kappa shape index (κ1) is 14.1. The number of rotatable bonds is 5. The fraction of sp³-hybridized carbons (Fsp3) is 0.143. The zero-order chi connectivity index (χ0) is 14.5. The average Bonchev–Trinajstić information content (AvgIpc) is 2.98. The Bertz CT molecular complexity index is 700. The van der Waals surface area contributed by atoms with E-state index >= 15 is 0 Å². The summed E-state index contributed by atoms with van der Waals surface area (Å²) in [5, 5.41) is 6.01. The highest BCUT2D eigenvalue weighted by molar-refractivity contribution is 7.99. The number of hydrogen-bond donors (Lipinski definition) is 0. The van der Waals surface area contributed by atoms with Crippen LogP contribution in [0, 0.1) is 0 Å². The van der Waals surface area contributed by atoms with Gasteiger partial charge in [0.2, 0.25) is 5.16 Å². The Morgan fingerprint density at radius 1 is 1.05 bits per heavy atom. The van der Waals surface area contributed by atoms with Gasteiger partial charge in [0.1, 0.15) is 0 Å². The second-order valence-electron chi connectivity index (χ2n) is 4.12. The van der Waals surface area contributed by atoms with Crippen LogP contribution in [-0.2, 0) is 5.75 Å². The number of aromatic nitrogens is 5. The summed E-state index contributed by atoms with van der Waals surface area (Å²) in [5.41, 5.74) is 1.25. The van der Waals surface area contributed by atoms with Gasteiger partial charge in [-0.15, -0.1) is 5.10 Å². The molecule has 0 aliphatic heterocycles. The molecule has 2 aromatic heterocycles. The Kier molecular flexibility index (Phi) is 4.52. The third-order valence-corrected chi connectivity index (χ3v) is 4.23. The molecule has 106 valence electrons. The fourth-order valence-corrected chi connectivity index (χ4v) is 3.04. The van der Waals surface area contributed by atoms with Crippen molar-refractivity contribution in [2.45, 2.75) is 16.1 Å². The van der Waals surface area contributed by atoms with Crippen molar-refractivity contribution in [2.24, 2.45) is 0 Å². The van der Waals surface area contributed by atoms with Gasteiger partial charge in [0.15, 0.2) is 5.16 Å². The first-order valence-corrected chi connectivity index (χ1v) is 8.53. The molecule has 3 aromatic rings. The third kappa shape index (κ3) is 3.43. The highest BCUT2D eigenvalue weighted by Gasteiger charge is 2.12. The third-order valence-electron chi connectivity index (χ3n) is 2.69. The molecule has 0 N–H and O–H groups in total. The van der Waals surface area contributed by atoms with E-state index < -0.39 is 0 Å². The zero-order valence-electron chi connectivity index (χ0n) is 11.4. The molecule has 2 heterocycles. The van der Waals surface area contributed by atoms with Gasteiger partial charge < -0.3 is 0 Å². The Balaban J connectivity index is 1.80. The van der Waals surface area contributed by atoms with Crippen LogP contribution in [-0.4, -0.2) is 31.0 Å². The van der Waals surface area contributed by atoms with E-state index in [0.717, 1.165) is 16.1 Å². The van der Waals surface area contributed by atoms with Gasteiger partial charge in [-0.05, 0) is 17.9 Å². The summed E-state index contributed by atoms with van der Waals surface area (Å²) in [4.78, 5) is 12.9. The van der Waals surface area contributed by atoms with E-state index in [-0.39, 0.29) is 0 Å². The molecule has 3 rings (SSSR count). The van der Waals surface area contributed by atoms with Crippen molar-refractivity contribution in [3.8, 4) is 5.95 Å². The van der Waals surface area contributed by atoms with Crippen LogP contribution in [0.25, 0.3) is 5.95 Å². The number of benzene rings is 1. The lowest BCUT2D eigenvalue weighted by atomic mass is 10.2. The molecule has 21 heavy (non-hydrogen) atoms. The number of hydrogen-bond acceptors (Lipinski definition) is 6. The largest absolute Gasteiger partial charge is 0.252 e. The fourth-order valence-electron chi connectivity index (χ4n) is 1.73. The van der Waals surface area contributed by atoms with Gasteiger partial charge in [-0.1, -0.05) is 53.9 Å². The number of thioether (sulfide) groups is 2. The topological polar surface area (TPSA) is 56.5 Å². The minimum atomic E-state index is 0.543. The summed E-state index contributed by atoms with van der Waals surface area (Å²) >= 11 is 3.14. The van der Waals surface area contributed by atoms with Crippen LogP contribution >= 0.6 is 23.5 Å².